The van der Waals surface area contributed by atoms with Crippen LogP contribution < -0.4 is 0 Å². The molecule has 1 atom stereocenters. The van der Waals surface area contributed by atoms with Gasteiger partial charge in [-0.15, -0.1) is 0 Å². The van der Waals surface area contributed by atoms with E-state index in [0.29, 0.717) is 6.61 Å². The van der Waals surface area contributed by atoms with Gasteiger partial charge in [-0.25, -0.2) is 5.26 Å². The topological polar surface area (TPSA) is 55.8 Å². The predicted molar refractivity (Wildman–Crippen MR) is 62.3 cm³/mol. The maximum atomic E-state index is 11.9. The van der Waals surface area contributed by atoms with E-state index in [1.54, 1.807) is 0 Å². The first-order chi connectivity index (χ1) is 7.70. The third-order valence-corrected chi connectivity index (χ3v) is 3.71. The quantitative estimate of drug-likeness (QED) is 0.344. The van der Waals surface area contributed by atoms with Gasteiger partial charge in [-0.3, -0.25) is 4.57 Å². The third kappa shape index (κ3) is 4.45. The molecule has 1 aromatic rings. The molecule has 0 fully saturated rings. The monoisotopic (exact) mass is 244 g/mol. The van der Waals surface area contributed by atoms with Gasteiger partial charge in [0.25, 0.3) is 0 Å². The summed E-state index contributed by atoms with van der Waals surface area (Å²) < 4.78 is 21.1. The minimum Gasteiger partial charge on any atom is -0.307 e. The average Bonchev–Trinajstić information content (AvgIpc) is 2.31. The largest absolute Gasteiger partial charge is 0.362 e. The maximum absolute atomic E-state index is 11.9. The molecule has 0 saturated carbocycles. The summed E-state index contributed by atoms with van der Waals surface area (Å²) in [5.74, 6) is 0. The summed E-state index contributed by atoms with van der Waals surface area (Å²) in [6.07, 6.45) is 1.83. The van der Waals surface area contributed by atoms with Gasteiger partial charge in [0.1, 0.15) is 0 Å². The lowest BCUT2D eigenvalue weighted by Crippen LogP contribution is -1.98. The van der Waals surface area contributed by atoms with Crippen LogP contribution in [0.2, 0.25) is 0 Å². The van der Waals surface area contributed by atoms with Crippen LogP contribution in [0.5, 0.6) is 0 Å². The van der Waals surface area contributed by atoms with Crippen LogP contribution in [-0.4, -0.2) is 11.9 Å². The van der Waals surface area contributed by atoms with E-state index in [4.69, 9.17) is 9.78 Å². The second-order valence-electron chi connectivity index (χ2n) is 3.52. The second kappa shape index (κ2) is 6.81. The Kier molecular flexibility index (Phi) is 5.71. The van der Waals surface area contributed by atoms with E-state index in [2.05, 4.69) is 4.67 Å². The highest BCUT2D eigenvalue weighted by molar-refractivity contribution is 7.52. The molecule has 0 spiro atoms. The number of hydrogen-bond acceptors (Lipinski definition) is 4. The molecule has 0 aliphatic heterocycles. The first-order valence-corrected chi connectivity index (χ1v) is 7.03. The summed E-state index contributed by atoms with van der Waals surface area (Å²) in [6.45, 7) is 2.34. The lowest BCUT2D eigenvalue weighted by atomic mass is 10.2. The molecule has 0 radical (unpaired) electrons. The number of hydrogen-bond donors (Lipinski definition) is 1. The van der Waals surface area contributed by atoms with Crippen molar-refractivity contribution < 1.29 is 19.0 Å². The number of unbranched alkanes of at least 4 members (excludes halogenated alkanes) is 1. The summed E-state index contributed by atoms with van der Waals surface area (Å²) in [5.41, 5.74) is 0.816. The third-order valence-electron chi connectivity index (χ3n) is 2.13. The van der Waals surface area contributed by atoms with Crippen molar-refractivity contribution in [2.45, 2.75) is 25.9 Å². The summed E-state index contributed by atoms with van der Waals surface area (Å²) >= 11 is 0. The molecular formula is C11H17O4P. The van der Waals surface area contributed by atoms with Crippen molar-refractivity contribution in [2.75, 3.05) is 6.61 Å². The van der Waals surface area contributed by atoms with Gasteiger partial charge in [0.2, 0.25) is 0 Å². The molecule has 1 aromatic carbocycles. The van der Waals surface area contributed by atoms with Gasteiger partial charge in [0.05, 0.1) is 12.8 Å². The van der Waals surface area contributed by atoms with E-state index < -0.39 is 7.60 Å². The van der Waals surface area contributed by atoms with Crippen LogP contribution in [0, 0.1) is 0 Å². The lowest BCUT2D eigenvalue weighted by molar-refractivity contribution is -0.149. The van der Waals surface area contributed by atoms with Crippen molar-refractivity contribution in [3.05, 3.63) is 35.9 Å². The Hall–Kier alpha value is -0.670. The highest BCUT2D eigenvalue weighted by atomic mass is 31.2. The molecule has 4 nitrogen and oxygen atoms in total. The Labute approximate surface area is 95.7 Å². The Morgan fingerprint density at radius 3 is 2.56 bits per heavy atom. The zero-order chi connectivity index (χ0) is 11.9. The standard InChI is InChI=1S/C11H17O4P/c1-2-3-9-14-16(13,15-12)10-11-7-5-4-6-8-11/h4-8,12H,2-3,9-10H2,1H3. The molecule has 0 aromatic heterocycles. The van der Waals surface area contributed by atoms with Crippen molar-refractivity contribution in [3.8, 4) is 0 Å². The lowest BCUT2D eigenvalue weighted by Gasteiger charge is -2.14. The maximum Gasteiger partial charge on any atom is 0.362 e. The summed E-state index contributed by atoms with van der Waals surface area (Å²) in [7, 11) is -3.40. The van der Waals surface area contributed by atoms with Crippen molar-refractivity contribution in [2.24, 2.45) is 0 Å². The van der Waals surface area contributed by atoms with Crippen LogP contribution >= 0.6 is 7.60 Å². The molecular weight excluding hydrogens is 227 g/mol. The zero-order valence-corrected chi connectivity index (χ0v) is 10.2. The van der Waals surface area contributed by atoms with Crippen LogP contribution in [0.25, 0.3) is 0 Å². The van der Waals surface area contributed by atoms with Gasteiger partial charge >= 0.3 is 7.60 Å². The summed E-state index contributed by atoms with van der Waals surface area (Å²) in [5, 5.41) is 8.66. The van der Waals surface area contributed by atoms with Crippen LogP contribution in [0.3, 0.4) is 0 Å². The Morgan fingerprint density at radius 1 is 1.31 bits per heavy atom. The molecule has 90 valence electrons. The van der Waals surface area contributed by atoms with Crippen molar-refractivity contribution in [1.82, 2.24) is 0 Å². The fraction of sp³-hybridized carbons (Fsp3) is 0.455. The molecule has 1 N–H and O–H groups in total. The van der Waals surface area contributed by atoms with Gasteiger partial charge in [0.15, 0.2) is 0 Å². The van der Waals surface area contributed by atoms with Gasteiger partial charge in [-0.1, -0.05) is 43.7 Å². The molecule has 1 rings (SSSR count). The highest BCUT2D eigenvalue weighted by Crippen LogP contribution is 2.50. The second-order valence-corrected chi connectivity index (χ2v) is 5.48. The Balaban J connectivity index is 2.56. The van der Waals surface area contributed by atoms with E-state index in [1.807, 2.05) is 37.3 Å². The normalized spacial score (nSPS) is 14.6. The minimum absolute atomic E-state index is 0.0913. The van der Waals surface area contributed by atoms with Crippen LogP contribution in [-0.2, 0) is 19.9 Å². The molecule has 16 heavy (non-hydrogen) atoms. The van der Waals surface area contributed by atoms with Gasteiger partial charge in [-0.05, 0) is 12.0 Å². The highest BCUT2D eigenvalue weighted by Gasteiger charge is 2.25. The molecule has 5 heteroatoms. The molecule has 0 aliphatic carbocycles. The first-order valence-electron chi connectivity index (χ1n) is 5.31. The smallest absolute Gasteiger partial charge is 0.307 e. The van der Waals surface area contributed by atoms with Crippen molar-refractivity contribution in [3.63, 3.8) is 0 Å². The SMILES string of the molecule is CCCCOP(=O)(Cc1ccccc1)OO. The summed E-state index contributed by atoms with van der Waals surface area (Å²) in [6, 6.07) is 9.17. The molecule has 0 amide bonds. The number of rotatable bonds is 7. The van der Waals surface area contributed by atoms with E-state index in [1.165, 1.54) is 0 Å². The Bertz CT molecular complexity index is 339. The molecule has 0 saturated heterocycles. The fourth-order valence-corrected chi connectivity index (χ4v) is 2.51. The van der Waals surface area contributed by atoms with Gasteiger partial charge < -0.3 is 4.52 Å². The predicted octanol–water partition coefficient (Wildman–Crippen LogP) is 3.69. The molecule has 1 unspecified atom stereocenters. The van der Waals surface area contributed by atoms with Crippen molar-refractivity contribution in [1.29, 1.82) is 0 Å². The summed E-state index contributed by atoms with van der Waals surface area (Å²) in [4.78, 5) is 0. The van der Waals surface area contributed by atoms with Gasteiger partial charge in [-0.2, -0.15) is 4.67 Å². The molecule has 0 aliphatic rings. The van der Waals surface area contributed by atoms with Crippen LogP contribution in [0.1, 0.15) is 25.3 Å². The minimum atomic E-state index is -3.40. The van der Waals surface area contributed by atoms with Crippen LogP contribution in [0.4, 0.5) is 0 Å². The fourth-order valence-electron chi connectivity index (χ4n) is 1.25. The van der Waals surface area contributed by atoms with Crippen molar-refractivity contribution >= 4 is 7.60 Å². The zero-order valence-electron chi connectivity index (χ0n) is 9.33. The number of benzene rings is 1. The van der Waals surface area contributed by atoms with E-state index in [9.17, 15) is 4.57 Å². The first kappa shape index (κ1) is 13.4. The van der Waals surface area contributed by atoms with Crippen LogP contribution in [0.15, 0.2) is 30.3 Å². The van der Waals surface area contributed by atoms with E-state index in [-0.39, 0.29) is 6.16 Å². The molecule has 0 heterocycles. The van der Waals surface area contributed by atoms with Gasteiger partial charge in [0, 0.05) is 0 Å². The average molecular weight is 244 g/mol. The molecule has 0 bridgehead atoms. The van der Waals surface area contributed by atoms with E-state index >= 15 is 0 Å². The Morgan fingerprint density at radius 2 is 2.00 bits per heavy atom. The van der Waals surface area contributed by atoms with E-state index in [0.717, 1.165) is 18.4 Å².